The Morgan fingerprint density at radius 3 is 2.95 bits per heavy atom. The van der Waals surface area contributed by atoms with Gasteiger partial charge < -0.3 is 9.64 Å². The highest BCUT2D eigenvalue weighted by Gasteiger charge is 2.30. The van der Waals surface area contributed by atoms with Crippen molar-refractivity contribution in [2.75, 3.05) is 20.2 Å². The molecule has 0 spiro atoms. The van der Waals surface area contributed by atoms with Crippen LogP contribution in [0.1, 0.15) is 11.3 Å². The van der Waals surface area contributed by atoms with Crippen LogP contribution < -0.4 is 0 Å². The summed E-state index contributed by atoms with van der Waals surface area (Å²) in [6.07, 6.45) is 3.92. The van der Waals surface area contributed by atoms with Gasteiger partial charge in [0.25, 0.3) is 0 Å². The number of likely N-dealkylation sites (tertiary alicyclic amines) is 1. The van der Waals surface area contributed by atoms with Gasteiger partial charge in [-0.05, 0) is 24.6 Å². The summed E-state index contributed by atoms with van der Waals surface area (Å²) in [6, 6.07) is 3.65. The van der Waals surface area contributed by atoms with Gasteiger partial charge in [0.2, 0.25) is 5.91 Å². The molecule has 6 heteroatoms. The molecule has 102 valence electrons. The predicted molar refractivity (Wildman–Crippen MR) is 75.1 cm³/mol. The average molecular weight is 300 g/mol. The molecule has 1 aromatic heterocycles. The molecule has 1 saturated heterocycles. The van der Waals surface area contributed by atoms with E-state index in [1.165, 1.54) is 24.5 Å². The summed E-state index contributed by atoms with van der Waals surface area (Å²) in [5.74, 6) is -0.529. The van der Waals surface area contributed by atoms with Gasteiger partial charge in [-0.1, -0.05) is 11.6 Å². The van der Waals surface area contributed by atoms with Crippen LogP contribution in [0.15, 0.2) is 18.2 Å². The highest BCUT2D eigenvalue weighted by molar-refractivity contribution is 7.17. The van der Waals surface area contributed by atoms with E-state index < -0.39 is 0 Å². The predicted octanol–water partition coefficient (Wildman–Crippen LogP) is 2.44. The zero-order valence-corrected chi connectivity index (χ0v) is 12.0. The van der Waals surface area contributed by atoms with Crippen LogP contribution in [0.3, 0.4) is 0 Å². The standard InChI is InChI=1S/C13H14ClNO3S/c1-18-13(17)9-6-7-15(8-9)12(16)5-3-10-2-4-11(14)19-10/h2-5,9H,6-8H2,1H3. The number of nitrogens with zero attached hydrogens (tertiary/aromatic N) is 1. The molecule has 1 aliphatic heterocycles. The number of methoxy groups -OCH3 is 1. The number of carbonyl (C=O) groups is 2. The number of esters is 1. The van der Waals surface area contributed by atoms with Crippen LogP contribution in [0, 0.1) is 5.92 Å². The Balaban J connectivity index is 1.91. The lowest BCUT2D eigenvalue weighted by Gasteiger charge is -2.13. The minimum absolute atomic E-state index is 0.0871. The number of amides is 1. The smallest absolute Gasteiger partial charge is 0.310 e. The van der Waals surface area contributed by atoms with Crippen molar-refractivity contribution < 1.29 is 14.3 Å². The van der Waals surface area contributed by atoms with Gasteiger partial charge in [0.15, 0.2) is 0 Å². The second-order valence-electron chi connectivity index (χ2n) is 4.27. The molecule has 0 N–H and O–H groups in total. The minimum Gasteiger partial charge on any atom is -0.469 e. The van der Waals surface area contributed by atoms with Crippen LogP contribution in [0.5, 0.6) is 0 Å². The molecule has 0 saturated carbocycles. The molecule has 1 amide bonds. The summed E-state index contributed by atoms with van der Waals surface area (Å²) < 4.78 is 5.38. The van der Waals surface area contributed by atoms with Crippen molar-refractivity contribution in [3.8, 4) is 0 Å². The van der Waals surface area contributed by atoms with Crippen LogP contribution in [0.2, 0.25) is 4.34 Å². The van der Waals surface area contributed by atoms with Crippen molar-refractivity contribution in [1.29, 1.82) is 0 Å². The van der Waals surface area contributed by atoms with Gasteiger partial charge in [0, 0.05) is 24.0 Å². The van der Waals surface area contributed by atoms with E-state index in [4.69, 9.17) is 11.6 Å². The topological polar surface area (TPSA) is 46.6 Å². The maximum atomic E-state index is 11.9. The molecule has 4 nitrogen and oxygen atoms in total. The molecule has 19 heavy (non-hydrogen) atoms. The monoisotopic (exact) mass is 299 g/mol. The quantitative estimate of drug-likeness (QED) is 0.636. The van der Waals surface area contributed by atoms with Gasteiger partial charge in [-0.3, -0.25) is 9.59 Å². The lowest BCUT2D eigenvalue weighted by Crippen LogP contribution is -2.28. The summed E-state index contributed by atoms with van der Waals surface area (Å²) in [5, 5.41) is 0. The summed E-state index contributed by atoms with van der Waals surface area (Å²) >= 11 is 7.23. The van der Waals surface area contributed by atoms with Gasteiger partial charge >= 0.3 is 5.97 Å². The van der Waals surface area contributed by atoms with Crippen molar-refractivity contribution in [2.45, 2.75) is 6.42 Å². The van der Waals surface area contributed by atoms with E-state index in [1.54, 1.807) is 17.0 Å². The maximum Gasteiger partial charge on any atom is 0.310 e. The van der Waals surface area contributed by atoms with Gasteiger partial charge in [0.1, 0.15) is 0 Å². The fraction of sp³-hybridized carbons (Fsp3) is 0.385. The van der Waals surface area contributed by atoms with E-state index >= 15 is 0 Å². The minimum atomic E-state index is -0.246. The zero-order valence-electron chi connectivity index (χ0n) is 10.5. The van der Waals surface area contributed by atoms with Crippen LogP contribution in [-0.2, 0) is 14.3 Å². The van der Waals surface area contributed by atoms with E-state index in [0.29, 0.717) is 23.8 Å². The van der Waals surface area contributed by atoms with Crippen molar-refractivity contribution in [1.82, 2.24) is 4.90 Å². The zero-order chi connectivity index (χ0) is 13.8. The third kappa shape index (κ3) is 3.58. The Bertz CT molecular complexity index is 512. The molecule has 0 aromatic carbocycles. The maximum absolute atomic E-state index is 11.9. The summed E-state index contributed by atoms with van der Waals surface area (Å²) in [4.78, 5) is 25.9. The second-order valence-corrected chi connectivity index (χ2v) is 6.01. The first-order valence-corrected chi connectivity index (χ1v) is 7.09. The van der Waals surface area contributed by atoms with Crippen LogP contribution in [0.25, 0.3) is 6.08 Å². The van der Waals surface area contributed by atoms with Crippen molar-refractivity contribution in [3.63, 3.8) is 0 Å². The fourth-order valence-corrected chi connectivity index (χ4v) is 2.96. The van der Waals surface area contributed by atoms with Gasteiger partial charge in [0.05, 0.1) is 17.4 Å². The summed E-state index contributed by atoms with van der Waals surface area (Å²) in [5.41, 5.74) is 0. The normalized spacial score (nSPS) is 19.1. The number of halogens is 1. The van der Waals surface area contributed by atoms with E-state index in [0.717, 1.165) is 4.88 Å². The Kier molecular flexibility index (Phi) is 4.61. The Hall–Kier alpha value is -1.33. The van der Waals surface area contributed by atoms with Gasteiger partial charge in [-0.15, -0.1) is 11.3 Å². The highest BCUT2D eigenvalue weighted by atomic mass is 35.5. The van der Waals surface area contributed by atoms with Gasteiger partial charge in [-0.2, -0.15) is 0 Å². The second kappa shape index (κ2) is 6.21. The van der Waals surface area contributed by atoms with Crippen LogP contribution >= 0.6 is 22.9 Å². The molecule has 0 bridgehead atoms. The number of ether oxygens (including phenoxy) is 1. The number of hydrogen-bond acceptors (Lipinski definition) is 4. The average Bonchev–Trinajstić information content (AvgIpc) is 3.04. The SMILES string of the molecule is COC(=O)C1CCN(C(=O)C=Cc2ccc(Cl)s2)C1. The highest BCUT2D eigenvalue weighted by Crippen LogP contribution is 2.23. The molecule has 1 aliphatic rings. The lowest BCUT2D eigenvalue weighted by molar-refractivity contribution is -0.145. The third-order valence-electron chi connectivity index (χ3n) is 3.02. The number of thiophene rings is 1. The Morgan fingerprint density at radius 1 is 1.53 bits per heavy atom. The summed E-state index contributed by atoms with van der Waals surface area (Å²) in [6.45, 7) is 1.02. The number of hydrogen-bond donors (Lipinski definition) is 0. The molecule has 0 aliphatic carbocycles. The first kappa shape index (κ1) is 14.1. The van der Waals surface area contributed by atoms with Gasteiger partial charge in [-0.25, -0.2) is 0 Å². The first-order chi connectivity index (χ1) is 9.10. The molecule has 2 rings (SSSR count). The van der Waals surface area contributed by atoms with Crippen molar-refractivity contribution >= 4 is 40.9 Å². The Morgan fingerprint density at radius 2 is 2.32 bits per heavy atom. The molecule has 1 atom stereocenters. The lowest BCUT2D eigenvalue weighted by atomic mass is 10.1. The van der Waals surface area contributed by atoms with Crippen LogP contribution in [0.4, 0.5) is 0 Å². The molecule has 1 aromatic rings. The molecular weight excluding hydrogens is 286 g/mol. The Labute approximate surface area is 120 Å². The molecule has 2 heterocycles. The fourth-order valence-electron chi connectivity index (χ4n) is 2.00. The molecular formula is C13H14ClNO3S. The van der Waals surface area contributed by atoms with E-state index in [1.807, 2.05) is 6.07 Å². The van der Waals surface area contributed by atoms with E-state index in [9.17, 15) is 9.59 Å². The van der Waals surface area contributed by atoms with Crippen molar-refractivity contribution in [2.24, 2.45) is 5.92 Å². The number of carbonyl (C=O) groups excluding carboxylic acids is 2. The first-order valence-electron chi connectivity index (χ1n) is 5.90. The largest absolute Gasteiger partial charge is 0.469 e. The number of rotatable bonds is 3. The van der Waals surface area contributed by atoms with Crippen molar-refractivity contribution in [3.05, 3.63) is 27.4 Å². The molecule has 1 fully saturated rings. The van der Waals surface area contributed by atoms with E-state index in [2.05, 4.69) is 4.74 Å². The summed E-state index contributed by atoms with van der Waals surface area (Å²) in [7, 11) is 1.37. The van der Waals surface area contributed by atoms with Crippen LogP contribution in [-0.4, -0.2) is 37.0 Å². The van der Waals surface area contributed by atoms with E-state index in [-0.39, 0.29) is 17.8 Å². The third-order valence-corrected chi connectivity index (χ3v) is 4.22. The molecule has 0 radical (unpaired) electrons. The molecule has 1 unspecified atom stereocenters.